The van der Waals surface area contributed by atoms with Crippen LogP contribution < -0.4 is 4.74 Å². The molecule has 0 heterocycles. The fourth-order valence-corrected chi connectivity index (χ4v) is 2.32. The first-order valence-corrected chi connectivity index (χ1v) is 7.29. The summed E-state index contributed by atoms with van der Waals surface area (Å²) in [5, 5.41) is 9.37. The van der Waals surface area contributed by atoms with Crippen molar-refractivity contribution in [2.75, 3.05) is 0 Å². The number of hydrogen-bond acceptors (Lipinski definition) is 2. The Morgan fingerprint density at radius 1 is 1.29 bits per heavy atom. The highest BCUT2D eigenvalue weighted by Crippen LogP contribution is 2.25. The molecule has 1 N–H and O–H groups in total. The number of aliphatic carboxylic acids is 1. The van der Waals surface area contributed by atoms with Gasteiger partial charge in [-0.25, -0.2) is 4.79 Å². The van der Waals surface area contributed by atoms with Crippen LogP contribution >= 0.6 is 27.5 Å². The Bertz CT molecular complexity index is 683. The van der Waals surface area contributed by atoms with Gasteiger partial charge in [0.15, 0.2) is 0 Å². The third kappa shape index (κ3) is 4.92. The normalized spacial score (nSPS) is 10.8. The van der Waals surface area contributed by atoms with Crippen LogP contribution in [0.1, 0.15) is 11.1 Å². The van der Waals surface area contributed by atoms with Crippen LogP contribution in [0, 0.1) is 0 Å². The van der Waals surface area contributed by atoms with Crippen LogP contribution in [0.3, 0.4) is 0 Å². The predicted octanol–water partition coefficient (Wildman–Crippen LogP) is 4.78. The lowest BCUT2D eigenvalue weighted by molar-refractivity contribution is -0.131. The fourth-order valence-electron chi connectivity index (χ4n) is 1.73. The van der Waals surface area contributed by atoms with Gasteiger partial charge in [-0.2, -0.15) is 0 Å². The Morgan fingerprint density at radius 3 is 2.81 bits per heavy atom. The van der Waals surface area contributed by atoms with Gasteiger partial charge in [0.05, 0.1) is 0 Å². The Balaban J connectivity index is 2.17. The van der Waals surface area contributed by atoms with Crippen LogP contribution in [0.4, 0.5) is 0 Å². The van der Waals surface area contributed by atoms with E-state index in [1.807, 2.05) is 24.3 Å². The first-order valence-electron chi connectivity index (χ1n) is 6.12. The van der Waals surface area contributed by atoms with Gasteiger partial charge in [-0.3, -0.25) is 0 Å². The van der Waals surface area contributed by atoms with Gasteiger partial charge in [0.2, 0.25) is 0 Å². The maximum absolute atomic E-state index is 10.6. The second-order valence-corrected chi connectivity index (χ2v) is 5.62. The summed E-state index contributed by atoms with van der Waals surface area (Å²) < 4.78 is 6.59. The second kappa shape index (κ2) is 7.29. The number of ether oxygens (including phenoxy) is 1. The van der Waals surface area contributed by atoms with Gasteiger partial charge in [-0.05, 0) is 42.0 Å². The zero-order chi connectivity index (χ0) is 15.2. The highest BCUT2D eigenvalue weighted by Gasteiger charge is 2.04. The molecule has 2 aromatic rings. The average molecular weight is 368 g/mol. The molecule has 0 bridgehead atoms. The third-order valence-corrected chi connectivity index (χ3v) is 3.39. The Kier molecular flexibility index (Phi) is 5.42. The van der Waals surface area contributed by atoms with Crippen molar-refractivity contribution in [3.8, 4) is 5.75 Å². The smallest absolute Gasteiger partial charge is 0.328 e. The molecule has 0 aliphatic carbocycles. The van der Waals surface area contributed by atoms with Gasteiger partial charge in [0.1, 0.15) is 12.4 Å². The van der Waals surface area contributed by atoms with Crippen LogP contribution in [-0.4, -0.2) is 11.1 Å². The summed E-state index contributed by atoms with van der Waals surface area (Å²) in [5.74, 6) is -0.397. The fraction of sp³-hybridized carbons (Fsp3) is 0.0625. The van der Waals surface area contributed by atoms with E-state index >= 15 is 0 Å². The van der Waals surface area contributed by atoms with E-state index < -0.39 is 5.97 Å². The molecular formula is C16H12BrClO3. The van der Waals surface area contributed by atoms with Crippen molar-refractivity contribution in [3.63, 3.8) is 0 Å². The van der Waals surface area contributed by atoms with Gasteiger partial charge < -0.3 is 9.84 Å². The molecule has 0 spiro atoms. The number of halogens is 2. The molecule has 0 fully saturated rings. The standard InChI is InChI=1S/C16H12BrClO3/c17-13-5-6-15(12(9-13)4-7-16(19)20)21-10-11-2-1-3-14(18)8-11/h1-9H,10H2,(H,19,20). The predicted molar refractivity (Wildman–Crippen MR) is 86.6 cm³/mol. The number of hydrogen-bond donors (Lipinski definition) is 1. The maximum atomic E-state index is 10.6. The van der Waals surface area contributed by atoms with Gasteiger partial charge >= 0.3 is 5.97 Å². The Morgan fingerprint density at radius 2 is 2.10 bits per heavy atom. The summed E-state index contributed by atoms with van der Waals surface area (Å²) in [5.41, 5.74) is 1.63. The largest absolute Gasteiger partial charge is 0.488 e. The molecule has 3 nitrogen and oxygen atoms in total. The van der Waals surface area contributed by atoms with E-state index in [0.29, 0.717) is 22.9 Å². The summed E-state index contributed by atoms with van der Waals surface area (Å²) in [7, 11) is 0. The molecule has 0 unspecified atom stereocenters. The van der Waals surface area contributed by atoms with Crippen LogP contribution in [-0.2, 0) is 11.4 Å². The van der Waals surface area contributed by atoms with Gasteiger partial charge in [0, 0.05) is 21.1 Å². The quantitative estimate of drug-likeness (QED) is 0.774. The first kappa shape index (κ1) is 15.6. The lowest BCUT2D eigenvalue weighted by Gasteiger charge is -2.10. The number of benzene rings is 2. The van der Waals surface area contributed by atoms with Crippen molar-refractivity contribution >= 4 is 39.6 Å². The monoisotopic (exact) mass is 366 g/mol. The number of rotatable bonds is 5. The summed E-state index contributed by atoms with van der Waals surface area (Å²) in [6, 6.07) is 12.8. The Labute approximate surface area is 135 Å². The van der Waals surface area contributed by atoms with Crippen LogP contribution in [0.5, 0.6) is 5.75 Å². The molecule has 21 heavy (non-hydrogen) atoms. The molecule has 108 valence electrons. The molecular weight excluding hydrogens is 356 g/mol. The van der Waals surface area contributed by atoms with Gasteiger partial charge in [-0.1, -0.05) is 39.7 Å². The SMILES string of the molecule is O=C(O)C=Cc1cc(Br)ccc1OCc1cccc(Cl)c1. The second-order valence-electron chi connectivity index (χ2n) is 4.27. The number of carboxylic acids is 1. The average Bonchev–Trinajstić information content (AvgIpc) is 2.44. The molecule has 0 saturated heterocycles. The highest BCUT2D eigenvalue weighted by atomic mass is 79.9. The molecule has 0 aromatic heterocycles. The molecule has 0 amide bonds. The van der Waals surface area contributed by atoms with E-state index in [2.05, 4.69) is 15.9 Å². The minimum absolute atomic E-state index is 0.357. The number of carboxylic acid groups (broad SMARTS) is 1. The molecule has 0 aliphatic rings. The molecule has 0 atom stereocenters. The lowest BCUT2D eigenvalue weighted by Crippen LogP contribution is -1.97. The maximum Gasteiger partial charge on any atom is 0.328 e. The Hall–Kier alpha value is -1.78. The minimum atomic E-state index is -1.00. The van der Waals surface area contributed by atoms with Crippen LogP contribution in [0.2, 0.25) is 5.02 Å². The molecule has 5 heteroatoms. The molecule has 0 saturated carbocycles. The molecule has 0 radical (unpaired) electrons. The summed E-state index contributed by atoms with van der Waals surface area (Å²) >= 11 is 9.28. The highest BCUT2D eigenvalue weighted by molar-refractivity contribution is 9.10. The van der Waals surface area contributed by atoms with Crippen molar-refractivity contribution in [1.29, 1.82) is 0 Å². The van der Waals surface area contributed by atoms with Crippen molar-refractivity contribution in [3.05, 3.63) is 69.2 Å². The summed E-state index contributed by atoms with van der Waals surface area (Å²) in [6.07, 6.45) is 2.58. The first-order chi connectivity index (χ1) is 10.0. The van der Waals surface area contributed by atoms with Crippen molar-refractivity contribution in [2.24, 2.45) is 0 Å². The van der Waals surface area contributed by atoms with Crippen molar-refractivity contribution < 1.29 is 14.6 Å². The van der Waals surface area contributed by atoms with E-state index in [9.17, 15) is 4.79 Å². The van der Waals surface area contributed by atoms with E-state index in [1.54, 1.807) is 18.2 Å². The van der Waals surface area contributed by atoms with E-state index in [0.717, 1.165) is 16.1 Å². The number of carbonyl (C=O) groups is 1. The molecule has 2 rings (SSSR count). The zero-order valence-electron chi connectivity index (χ0n) is 10.9. The van der Waals surface area contributed by atoms with E-state index in [-0.39, 0.29) is 0 Å². The zero-order valence-corrected chi connectivity index (χ0v) is 13.3. The van der Waals surface area contributed by atoms with Crippen molar-refractivity contribution in [2.45, 2.75) is 6.61 Å². The summed E-state index contributed by atoms with van der Waals surface area (Å²) in [4.78, 5) is 10.6. The van der Waals surface area contributed by atoms with Crippen molar-refractivity contribution in [1.82, 2.24) is 0 Å². The van der Waals surface area contributed by atoms with E-state index in [1.165, 1.54) is 6.08 Å². The topological polar surface area (TPSA) is 46.5 Å². The third-order valence-electron chi connectivity index (χ3n) is 2.66. The van der Waals surface area contributed by atoms with Gasteiger partial charge in [0.25, 0.3) is 0 Å². The minimum Gasteiger partial charge on any atom is -0.488 e. The lowest BCUT2D eigenvalue weighted by atomic mass is 10.2. The molecule has 2 aromatic carbocycles. The van der Waals surface area contributed by atoms with Crippen LogP contribution in [0.15, 0.2) is 53.0 Å². The molecule has 0 aliphatic heterocycles. The van der Waals surface area contributed by atoms with E-state index in [4.69, 9.17) is 21.4 Å². The summed E-state index contributed by atoms with van der Waals surface area (Å²) in [6.45, 7) is 0.357. The van der Waals surface area contributed by atoms with Crippen LogP contribution in [0.25, 0.3) is 6.08 Å². The van der Waals surface area contributed by atoms with Gasteiger partial charge in [-0.15, -0.1) is 0 Å².